The van der Waals surface area contributed by atoms with Gasteiger partial charge in [0, 0.05) is 95.8 Å². The van der Waals surface area contributed by atoms with Gasteiger partial charge in [0.1, 0.15) is 31.7 Å². The molecular weight excluding hydrogens is 943 g/mol. The number of allylic oxidation sites excluding steroid dienone is 5. The minimum atomic E-state index is -4.81. The number of Topliss-reactive ketones (excluding diaryl/α,β-unsaturated/α-hetero) is 1. The third-order valence-electron chi connectivity index (χ3n) is 10.9. The van der Waals surface area contributed by atoms with E-state index in [0.29, 0.717) is 19.3 Å². The van der Waals surface area contributed by atoms with Crippen LogP contribution in [0.25, 0.3) is 5.57 Å². The zero-order valence-electron chi connectivity index (χ0n) is 41.1. The van der Waals surface area contributed by atoms with Crippen LogP contribution in [-0.4, -0.2) is 139 Å². The second kappa shape index (κ2) is 28.5. The highest BCUT2D eigenvalue weighted by Crippen LogP contribution is 2.35. The maximum atomic E-state index is 13.2. The van der Waals surface area contributed by atoms with E-state index in [1.165, 1.54) is 4.72 Å². The lowest BCUT2D eigenvalue weighted by Gasteiger charge is -2.19. The number of anilines is 1. The molecule has 0 radical (unpaired) electrons. The van der Waals surface area contributed by atoms with Crippen LogP contribution in [-0.2, 0) is 48.9 Å². The predicted molar refractivity (Wildman–Crippen MR) is 273 cm³/mol. The van der Waals surface area contributed by atoms with Gasteiger partial charge < -0.3 is 35.5 Å². The van der Waals surface area contributed by atoms with Gasteiger partial charge in [0.25, 0.3) is 0 Å². The quantitative estimate of drug-likeness (QED) is 0.0268. The molecule has 0 fully saturated rings. The van der Waals surface area contributed by atoms with E-state index in [-0.39, 0.29) is 88.1 Å². The van der Waals surface area contributed by atoms with E-state index in [0.717, 1.165) is 50.5 Å². The molecule has 1 aliphatic rings. The van der Waals surface area contributed by atoms with Gasteiger partial charge in [0.2, 0.25) is 29.5 Å². The average molecular weight is 1010 g/mol. The van der Waals surface area contributed by atoms with E-state index in [1.54, 1.807) is 0 Å². The van der Waals surface area contributed by atoms with Crippen LogP contribution in [0.5, 0.6) is 5.75 Å². The van der Waals surface area contributed by atoms with Gasteiger partial charge in [0.05, 0.1) is 16.4 Å². The molecule has 0 spiro atoms. The van der Waals surface area contributed by atoms with Gasteiger partial charge in [-0.3, -0.25) is 33.3 Å². The van der Waals surface area contributed by atoms with Crippen LogP contribution in [0.3, 0.4) is 0 Å². The van der Waals surface area contributed by atoms with E-state index in [4.69, 9.17) is 9.29 Å². The van der Waals surface area contributed by atoms with E-state index < -0.39 is 56.7 Å². The summed E-state index contributed by atoms with van der Waals surface area (Å²) in [7, 11) is 0.0417. The van der Waals surface area contributed by atoms with Crippen molar-refractivity contribution >= 4 is 78.3 Å². The number of nitrogens with zero attached hydrogens (tertiary/aromatic N) is 2. The fraction of sp³-hybridized carbons (Fsp3) is 0.469. The highest BCUT2D eigenvalue weighted by atomic mass is 32.2. The van der Waals surface area contributed by atoms with Crippen molar-refractivity contribution in [3.8, 4) is 5.75 Å². The molecule has 1 aliphatic carbocycles. The Bertz CT molecular complexity index is 2510. The van der Waals surface area contributed by atoms with Crippen molar-refractivity contribution in [1.29, 1.82) is 0 Å². The zero-order valence-corrected chi connectivity index (χ0v) is 42.7. The van der Waals surface area contributed by atoms with Crippen molar-refractivity contribution in [3.63, 3.8) is 0 Å². The Morgan fingerprint density at radius 2 is 1.29 bits per heavy atom. The van der Waals surface area contributed by atoms with Crippen molar-refractivity contribution in [3.05, 3.63) is 88.5 Å². The summed E-state index contributed by atoms with van der Waals surface area (Å²) >= 11 is 0. The Kier molecular flexibility index (Phi) is 23.7. The molecule has 7 N–H and O–H groups in total. The van der Waals surface area contributed by atoms with Crippen LogP contribution in [0.4, 0.5) is 5.69 Å². The normalized spacial score (nSPS) is 13.4. The molecule has 19 nitrogen and oxygen atoms in total. The number of ether oxygens (including phenoxy) is 1. The van der Waals surface area contributed by atoms with Gasteiger partial charge >= 0.3 is 10.3 Å². The molecule has 70 heavy (non-hydrogen) atoms. The maximum absolute atomic E-state index is 13.2. The monoisotopic (exact) mass is 1010 g/mol. The first-order valence-electron chi connectivity index (χ1n) is 23.1. The lowest BCUT2D eigenvalue weighted by atomic mass is 9.89. The number of carbonyl (C=O) groups excluding carboxylic acids is 6. The van der Waals surface area contributed by atoms with Crippen LogP contribution >= 0.6 is 0 Å². The first-order chi connectivity index (χ1) is 32.9. The Balaban J connectivity index is 1.50. The second-order valence-corrected chi connectivity index (χ2v) is 20.5. The number of hydrogen-bond acceptors (Lipinski definition) is 11. The summed E-state index contributed by atoms with van der Waals surface area (Å²) in [6.45, 7) is 4.61. The molecule has 0 aliphatic heterocycles. The summed E-state index contributed by atoms with van der Waals surface area (Å²) in [5.74, 6) is 0.461. The number of amides is 5. The molecule has 0 bridgehead atoms. The standard InChI is InChI=1S/C49H69N7O12S2/c1-34-32-38(47(36-15-19-39(20-16-36)55(3)4)37-17-21-40(22-18-37)56(5)6)33-35(2)48(34)68-30-10-14-43(58)51-28-29-52-49(62)42(53-45(60)25-26-46(61)54-70(65,66)67)13-8-9-27-50-44(59)24-23-41(57)12-11-31-69(7,63)64/h15-22,32-33,42H,7-14,23-31H2,1-6H3,(H6-,50,51,52,53,54,58,59,60,61,62,63,64,65,66,67)/p+1. The van der Waals surface area contributed by atoms with Crippen LogP contribution in [0.15, 0.2) is 66.3 Å². The number of benzene rings is 2. The topological polar surface area (TPSA) is 270 Å². The Labute approximate surface area is 412 Å². The number of rotatable bonds is 29. The Morgan fingerprint density at radius 1 is 0.700 bits per heavy atom. The Hall–Kier alpha value is -6.16. The first kappa shape index (κ1) is 58.2. The molecule has 3 rings (SSSR count). The second-order valence-electron chi connectivity index (χ2n) is 17.4. The summed E-state index contributed by atoms with van der Waals surface area (Å²) in [6.07, 6.45) is 9.00. The highest BCUT2D eigenvalue weighted by molar-refractivity contribution is 7.95. The summed E-state index contributed by atoms with van der Waals surface area (Å²) in [5, 5.41) is 10.6. The molecule has 2 aromatic carbocycles. The number of ketones is 1. The molecule has 0 heterocycles. The summed E-state index contributed by atoms with van der Waals surface area (Å²) in [4.78, 5) is 76.7. The Morgan fingerprint density at radius 3 is 1.89 bits per heavy atom. The molecule has 0 saturated heterocycles. The fourth-order valence-corrected chi connectivity index (χ4v) is 8.29. The lowest BCUT2D eigenvalue weighted by Crippen LogP contribution is -2.48. The van der Waals surface area contributed by atoms with Crippen molar-refractivity contribution in [2.75, 3.05) is 65.1 Å². The van der Waals surface area contributed by atoms with Crippen LogP contribution < -0.4 is 35.6 Å². The molecule has 0 saturated carbocycles. The minimum Gasteiger partial charge on any atom is -0.493 e. The lowest BCUT2D eigenvalue weighted by molar-refractivity contribution is -0.462. The van der Waals surface area contributed by atoms with Crippen molar-refractivity contribution < 1.29 is 59.8 Å². The van der Waals surface area contributed by atoms with E-state index in [1.807, 2.05) is 42.0 Å². The smallest absolute Gasteiger partial charge is 0.359 e. The van der Waals surface area contributed by atoms with Crippen LogP contribution in [0, 0.1) is 13.8 Å². The zero-order chi connectivity index (χ0) is 52.0. The largest absolute Gasteiger partial charge is 0.493 e. The van der Waals surface area contributed by atoms with Crippen molar-refractivity contribution in [2.24, 2.45) is 0 Å². The number of unbranched alkanes of at least 4 members (excludes halogenated alkanes) is 1. The molecule has 2 unspecified atom stereocenters. The molecule has 0 aromatic heterocycles. The molecule has 2 aromatic rings. The number of hydrogen-bond donors (Lipinski definition) is 7. The minimum absolute atomic E-state index is 0.0244. The van der Waals surface area contributed by atoms with Gasteiger partial charge in [-0.25, -0.2) is 13.5 Å². The molecule has 2 atom stereocenters. The summed E-state index contributed by atoms with van der Waals surface area (Å²) in [6, 6.07) is 11.6. The SMILES string of the molecule is C=S(=O)(O)CCCC(=O)CCC(=O)NCCCCC(NC(=O)CCC(=O)NS(=O)(=O)O)C(=O)NCCNC(=O)CCCOc1c(C)cc(C(=C2C=CC(=[N+](C)C)C=C2)c2ccc(N(C)C)cc2)cc1C. The summed E-state index contributed by atoms with van der Waals surface area (Å²) < 4.78 is 60.7. The van der Waals surface area contributed by atoms with Crippen LogP contribution in [0.1, 0.15) is 92.9 Å². The molecule has 384 valence electrons. The van der Waals surface area contributed by atoms with E-state index in [2.05, 4.69) is 97.3 Å². The van der Waals surface area contributed by atoms with Crippen LogP contribution in [0.2, 0.25) is 0 Å². The van der Waals surface area contributed by atoms with E-state index in [9.17, 15) is 45.9 Å². The third-order valence-corrected chi connectivity index (χ3v) is 12.3. The van der Waals surface area contributed by atoms with Crippen molar-refractivity contribution in [2.45, 2.75) is 90.5 Å². The summed E-state index contributed by atoms with van der Waals surface area (Å²) in [5.41, 5.74) is 8.40. The molecule has 5 amide bonds. The number of nitrogens with one attached hydrogen (secondary N) is 5. The average Bonchev–Trinajstić information content (AvgIpc) is 3.27. The van der Waals surface area contributed by atoms with Gasteiger partial charge in [-0.05, 0) is 122 Å². The maximum Gasteiger partial charge on any atom is 0.359 e. The highest BCUT2D eigenvalue weighted by Gasteiger charge is 2.22. The van der Waals surface area contributed by atoms with Gasteiger partial charge in [0.15, 0.2) is 5.71 Å². The molecule has 21 heteroatoms. The first-order valence-corrected chi connectivity index (χ1v) is 26.4. The predicted octanol–water partition coefficient (Wildman–Crippen LogP) is 3.19. The number of aryl methyl sites for hydroxylation is 2. The third kappa shape index (κ3) is 22.1. The van der Waals surface area contributed by atoms with Gasteiger partial charge in [-0.1, -0.05) is 12.1 Å². The van der Waals surface area contributed by atoms with Crippen molar-refractivity contribution in [1.82, 2.24) is 26.0 Å². The fourth-order valence-electron chi connectivity index (χ4n) is 7.30. The number of carbonyl (C=O) groups is 6. The van der Waals surface area contributed by atoms with Gasteiger partial charge in [-0.2, -0.15) is 8.42 Å². The van der Waals surface area contributed by atoms with E-state index >= 15 is 0 Å². The van der Waals surface area contributed by atoms with Gasteiger partial charge in [-0.15, -0.1) is 0 Å². The molecular formula is C49H70N7O12S2+.